The van der Waals surface area contributed by atoms with Crippen LogP contribution in [0.25, 0.3) is 11.0 Å². The van der Waals surface area contributed by atoms with Crippen molar-refractivity contribution in [1.29, 1.82) is 0 Å². The van der Waals surface area contributed by atoms with E-state index in [4.69, 9.17) is 4.98 Å². The van der Waals surface area contributed by atoms with Gasteiger partial charge in [0.15, 0.2) is 5.65 Å². The van der Waals surface area contributed by atoms with Crippen LogP contribution < -0.4 is 10.0 Å². The summed E-state index contributed by atoms with van der Waals surface area (Å²) in [5.41, 5.74) is 2.73. The molecule has 0 fully saturated rings. The highest BCUT2D eigenvalue weighted by Crippen LogP contribution is 2.26. The number of rotatable bonds is 7. The second-order valence-corrected chi connectivity index (χ2v) is 10.3. The maximum atomic E-state index is 13.3. The number of sulfonamides is 1. The van der Waals surface area contributed by atoms with Gasteiger partial charge in [-0.1, -0.05) is 38.1 Å². The fourth-order valence-electron chi connectivity index (χ4n) is 3.57. The van der Waals surface area contributed by atoms with E-state index in [-0.39, 0.29) is 22.8 Å². The van der Waals surface area contributed by atoms with Crippen molar-refractivity contribution in [3.63, 3.8) is 0 Å². The van der Waals surface area contributed by atoms with E-state index in [1.807, 2.05) is 27.7 Å². The van der Waals surface area contributed by atoms with Gasteiger partial charge in [-0.15, -0.1) is 0 Å². The summed E-state index contributed by atoms with van der Waals surface area (Å²) in [6.45, 7) is 8.07. The van der Waals surface area contributed by atoms with Crippen molar-refractivity contribution in [2.75, 3.05) is 10.0 Å². The van der Waals surface area contributed by atoms with E-state index in [2.05, 4.69) is 15.1 Å². The van der Waals surface area contributed by atoms with E-state index in [1.165, 1.54) is 12.1 Å². The molecule has 0 bridgehead atoms. The van der Waals surface area contributed by atoms with E-state index < -0.39 is 10.0 Å². The number of benzene rings is 2. The Morgan fingerprint density at radius 3 is 2.32 bits per heavy atom. The molecule has 0 saturated carbocycles. The SMILES string of the molecule is CC(C)c1cc(C(=O)Nc2cccc(NS(=O)(=O)c3ccccc3)c2)c2cnn(C(C)C)c2n1. The first kappa shape index (κ1) is 23.4. The van der Waals surface area contributed by atoms with Crippen LogP contribution >= 0.6 is 0 Å². The molecule has 4 rings (SSSR count). The molecule has 9 heteroatoms. The zero-order chi connectivity index (χ0) is 24.5. The van der Waals surface area contributed by atoms with Crippen molar-refractivity contribution in [3.05, 3.63) is 78.1 Å². The molecule has 0 aliphatic rings. The van der Waals surface area contributed by atoms with Crippen LogP contribution in [0.5, 0.6) is 0 Å². The average Bonchev–Trinajstić information content (AvgIpc) is 3.23. The molecule has 0 saturated heterocycles. The minimum Gasteiger partial charge on any atom is -0.322 e. The molecule has 0 atom stereocenters. The van der Waals surface area contributed by atoms with Crippen molar-refractivity contribution in [3.8, 4) is 0 Å². The van der Waals surface area contributed by atoms with Crippen LogP contribution in [0.3, 0.4) is 0 Å². The second kappa shape index (κ2) is 9.26. The minimum atomic E-state index is -3.74. The first-order valence-corrected chi connectivity index (χ1v) is 12.5. The van der Waals surface area contributed by atoms with Gasteiger partial charge in [0.1, 0.15) is 0 Å². The van der Waals surface area contributed by atoms with Gasteiger partial charge in [-0.2, -0.15) is 5.10 Å². The van der Waals surface area contributed by atoms with Gasteiger partial charge >= 0.3 is 0 Å². The van der Waals surface area contributed by atoms with Gasteiger partial charge in [0.05, 0.1) is 27.7 Å². The number of nitrogens with one attached hydrogen (secondary N) is 2. The summed E-state index contributed by atoms with van der Waals surface area (Å²) < 4.78 is 29.7. The van der Waals surface area contributed by atoms with Crippen molar-refractivity contribution in [2.24, 2.45) is 0 Å². The van der Waals surface area contributed by atoms with E-state index in [0.717, 1.165) is 5.69 Å². The molecule has 0 radical (unpaired) electrons. The number of nitrogens with zero attached hydrogens (tertiary/aromatic N) is 3. The number of carbonyl (C=O) groups is 1. The molecule has 0 aliphatic heterocycles. The van der Waals surface area contributed by atoms with Crippen molar-refractivity contribution >= 4 is 38.3 Å². The summed E-state index contributed by atoms with van der Waals surface area (Å²) in [6.07, 6.45) is 1.66. The number of anilines is 2. The summed E-state index contributed by atoms with van der Waals surface area (Å²) in [5, 5.41) is 7.97. The van der Waals surface area contributed by atoms with Crippen LogP contribution in [-0.2, 0) is 10.0 Å². The zero-order valence-electron chi connectivity index (χ0n) is 19.5. The molecule has 0 spiro atoms. The number of aromatic nitrogens is 3. The van der Waals surface area contributed by atoms with Crippen molar-refractivity contribution < 1.29 is 13.2 Å². The lowest BCUT2D eigenvalue weighted by molar-refractivity contribution is 0.102. The molecule has 0 unspecified atom stereocenters. The molecule has 1 amide bonds. The summed E-state index contributed by atoms with van der Waals surface area (Å²) in [5.74, 6) is -0.192. The molecule has 0 aliphatic carbocycles. The van der Waals surface area contributed by atoms with Gasteiger partial charge in [0.2, 0.25) is 0 Å². The predicted molar refractivity (Wildman–Crippen MR) is 134 cm³/mol. The van der Waals surface area contributed by atoms with Crippen LogP contribution in [0, 0.1) is 0 Å². The third-order valence-electron chi connectivity index (χ3n) is 5.34. The zero-order valence-corrected chi connectivity index (χ0v) is 20.3. The number of pyridine rings is 1. The summed E-state index contributed by atoms with van der Waals surface area (Å²) in [4.78, 5) is 18.2. The Kier molecular flexibility index (Phi) is 6.39. The number of hydrogen-bond acceptors (Lipinski definition) is 5. The molecule has 2 aromatic carbocycles. The summed E-state index contributed by atoms with van der Waals surface area (Å²) in [6, 6.07) is 16.6. The Labute approximate surface area is 199 Å². The number of amides is 1. The number of fused-ring (bicyclic) bond motifs is 1. The predicted octanol–water partition coefficient (Wildman–Crippen LogP) is 5.19. The first-order valence-electron chi connectivity index (χ1n) is 11.0. The normalized spacial score (nSPS) is 11.8. The second-order valence-electron chi connectivity index (χ2n) is 8.62. The lowest BCUT2D eigenvalue weighted by atomic mass is 10.0. The van der Waals surface area contributed by atoms with Crippen LogP contribution in [0.1, 0.15) is 55.7 Å². The molecular weight excluding hydrogens is 450 g/mol. The average molecular weight is 478 g/mol. The van der Waals surface area contributed by atoms with Gasteiger partial charge in [-0.05, 0) is 56.2 Å². The fourth-order valence-corrected chi connectivity index (χ4v) is 4.64. The lowest BCUT2D eigenvalue weighted by Crippen LogP contribution is -2.15. The highest BCUT2D eigenvalue weighted by atomic mass is 32.2. The Morgan fingerprint density at radius 2 is 1.65 bits per heavy atom. The minimum absolute atomic E-state index is 0.0950. The molecule has 8 nitrogen and oxygen atoms in total. The van der Waals surface area contributed by atoms with Gasteiger partial charge in [-0.25, -0.2) is 18.1 Å². The van der Waals surface area contributed by atoms with Crippen LogP contribution in [0.2, 0.25) is 0 Å². The topological polar surface area (TPSA) is 106 Å². The van der Waals surface area contributed by atoms with Crippen molar-refractivity contribution in [2.45, 2.75) is 44.6 Å². The van der Waals surface area contributed by atoms with Crippen LogP contribution in [0.15, 0.2) is 71.8 Å². The number of carbonyl (C=O) groups excluding carboxylic acids is 1. The molecule has 2 heterocycles. The molecule has 2 aromatic heterocycles. The maximum Gasteiger partial charge on any atom is 0.261 e. The molecule has 2 N–H and O–H groups in total. The van der Waals surface area contributed by atoms with E-state index in [1.54, 1.807) is 59.4 Å². The van der Waals surface area contributed by atoms with Gasteiger partial charge < -0.3 is 5.32 Å². The lowest BCUT2D eigenvalue weighted by Gasteiger charge is -2.13. The monoisotopic (exact) mass is 477 g/mol. The van der Waals surface area contributed by atoms with E-state index in [9.17, 15) is 13.2 Å². The van der Waals surface area contributed by atoms with Crippen molar-refractivity contribution in [1.82, 2.24) is 14.8 Å². The first-order chi connectivity index (χ1) is 16.2. The molecular formula is C25H27N5O3S. The summed E-state index contributed by atoms with van der Waals surface area (Å²) >= 11 is 0. The third-order valence-corrected chi connectivity index (χ3v) is 6.74. The Bertz CT molecular complexity index is 1440. The van der Waals surface area contributed by atoms with E-state index in [0.29, 0.717) is 28.0 Å². The van der Waals surface area contributed by atoms with Gasteiger partial charge in [0, 0.05) is 17.4 Å². The highest BCUT2D eigenvalue weighted by molar-refractivity contribution is 7.92. The van der Waals surface area contributed by atoms with Gasteiger partial charge in [0.25, 0.3) is 15.9 Å². The standard InChI is InChI=1S/C25H27N5O3S/c1-16(2)23-14-21(22-15-26-30(17(3)4)24(22)28-23)25(31)27-18-9-8-10-19(13-18)29-34(32,33)20-11-6-5-7-12-20/h5-17,29H,1-4H3,(H,27,31). The fraction of sp³-hybridized carbons (Fsp3) is 0.240. The smallest absolute Gasteiger partial charge is 0.261 e. The Morgan fingerprint density at radius 1 is 0.941 bits per heavy atom. The number of hydrogen-bond donors (Lipinski definition) is 2. The van der Waals surface area contributed by atoms with E-state index >= 15 is 0 Å². The highest BCUT2D eigenvalue weighted by Gasteiger charge is 2.19. The summed E-state index contributed by atoms with van der Waals surface area (Å²) in [7, 11) is -3.74. The third kappa shape index (κ3) is 4.79. The van der Waals surface area contributed by atoms with Crippen LogP contribution in [-0.4, -0.2) is 29.1 Å². The van der Waals surface area contributed by atoms with Gasteiger partial charge in [-0.3, -0.25) is 9.52 Å². The largest absolute Gasteiger partial charge is 0.322 e. The quantitative estimate of drug-likeness (QED) is 0.381. The molecule has 34 heavy (non-hydrogen) atoms. The Hall–Kier alpha value is -3.72. The molecule has 176 valence electrons. The molecule has 4 aromatic rings. The Balaban J connectivity index is 1.64. The maximum absolute atomic E-state index is 13.3. The van der Waals surface area contributed by atoms with Crippen LogP contribution in [0.4, 0.5) is 11.4 Å².